The van der Waals surface area contributed by atoms with Gasteiger partial charge in [-0.05, 0) is 43.0 Å². The normalized spacial score (nSPS) is 21.8. The van der Waals surface area contributed by atoms with Gasteiger partial charge in [0.05, 0.1) is 0 Å². The van der Waals surface area contributed by atoms with Crippen LogP contribution in [-0.4, -0.2) is 40.8 Å². The molecule has 0 amide bonds. The first-order valence-electron chi connectivity index (χ1n) is 8.29. The van der Waals surface area contributed by atoms with Gasteiger partial charge in [0.15, 0.2) is 0 Å². The molecule has 0 saturated carbocycles. The molecule has 3 rings (SSSR count). The van der Waals surface area contributed by atoms with Crippen molar-refractivity contribution in [3.8, 4) is 0 Å². The largest absolute Gasteiger partial charge is 0.477 e. The van der Waals surface area contributed by atoms with E-state index in [4.69, 9.17) is 5.11 Å². The van der Waals surface area contributed by atoms with Crippen LogP contribution in [0.15, 0.2) is 36.4 Å². The number of carboxylic acid groups (broad SMARTS) is 1. The first-order valence-corrected chi connectivity index (χ1v) is 9.11. The van der Waals surface area contributed by atoms with Crippen molar-refractivity contribution in [2.75, 3.05) is 19.7 Å². The summed E-state index contributed by atoms with van der Waals surface area (Å²) in [6, 6.07) is 12.2. The SMILES string of the molecule is Cc1sc(C(=O)O)cc1CN1CC[C@H](c2ccccc2)[C@H](CO)C1. The number of aromatic carboxylic acids is 1. The van der Waals surface area contributed by atoms with Crippen LogP contribution in [0.2, 0.25) is 0 Å². The number of carboxylic acids is 1. The predicted octanol–water partition coefficient (Wildman–Crippen LogP) is 3.35. The summed E-state index contributed by atoms with van der Waals surface area (Å²) in [6.07, 6.45) is 1.02. The van der Waals surface area contributed by atoms with Gasteiger partial charge in [0.25, 0.3) is 0 Å². The van der Waals surface area contributed by atoms with Gasteiger partial charge >= 0.3 is 5.97 Å². The van der Waals surface area contributed by atoms with Gasteiger partial charge in [0.2, 0.25) is 0 Å². The number of hydrogen-bond acceptors (Lipinski definition) is 4. The second kappa shape index (κ2) is 7.47. The molecule has 1 aliphatic heterocycles. The van der Waals surface area contributed by atoms with Crippen molar-refractivity contribution in [3.63, 3.8) is 0 Å². The fourth-order valence-electron chi connectivity index (χ4n) is 3.60. The quantitative estimate of drug-likeness (QED) is 0.872. The highest BCUT2D eigenvalue weighted by molar-refractivity contribution is 7.14. The second-order valence-corrected chi connectivity index (χ2v) is 7.74. The van der Waals surface area contributed by atoms with Crippen LogP contribution < -0.4 is 0 Å². The zero-order valence-electron chi connectivity index (χ0n) is 13.8. The molecule has 2 atom stereocenters. The number of carbonyl (C=O) groups is 1. The summed E-state index contributed by atoms with van der Waals surface area (Å²) >= 11 is 1.34. The molecule has 4 nitrogen and oxygen atoms in total. The van der Waals surface area contributed by atoms with E-state index in [1.807, 2.05) is 13.0 Å². The number of thiophene rings is 1. The van der Waals surface area contributed by atoms with E-state index in [1.165, 1.54) is 16.9 Å². The average molecular weight is 345 g/mol. The highest BCUT2D eigenvalue weighted by atomic mass is 32.1. The smallest absolute Gasteiger partial charge is 0.345 e. The Balaban J connectivity index is 1.69. The van der Waals surface area contributed by atoms with Crippen molar-refractivity contribution in [3.05, 3.63) is 57.3 Å². The van der Waals surface area contributed by atoms with Crippen LogP contribution >= 0.6 is 11.3 Å². The maximum Gasteiger partial charge on any atom is 0.345 e. The summed E-state index contributed by atoms with van der Waals surface area (Å²) in [5.41, 5.74) is 2.39. The molecule has 5 heteroatoms. The number of aliphatic hydroxyl groups excluding tert-OH is 1. The van der Waals surface area contributed by atoms with Crippen molar-refractivity contribution in [2.24, 2.45) is 5.92 Å². The van der Waals surface area contributed by atoms with E-state index in [2.05, 4.69) is 29.2 Å². The number of nitrogens with zero attached hydrogens (tertiary/aromatic N) is 1. The monoisotopic (exact) mass is 345 g/mol. The van der Waals surface area contributed by atoms with Gasteiger partial charge in [-0.25, -0.2) is 4.79 Å². The lowest BCUT2D eigenvalue weighted by atomic mass is 9.81. The molecule has 2 aromatic rings. The molecule has 0 radical (unpaired) electrons. The van der Waals surface area contributed by atoms with Crippen molar-refractivity contribution in [2.45, 2.75) is 25.8 Å². The zero-order valence-corrected chi connectivity index (χ0v) is 14.6. The zero-order chi connectivity index (χ0) is 17.1. The van der Waals surface area contributed by atoms with Crippen LogP contribution in [0.4, 0.5) is 0 Å². The minimum Gasteiger partial charge on any atom is -0.477 e. The third-order valence-electron chi connectivity index (χ3n) is 4.91. The van der Waals surface area contributed by atoms with E-state index in [-0.39, 0.29) is 12.5 Å². The summed E-state index contributed by atoms with van der Waals surface area (Å²) in [6.45, 7) is 4.72. The van der Waals surface area contributed by atoms with Crippen molar-refractivity contribution in [1.29, 1.82) is 0 Å². The average Bonchev–Trinajstić information content (AvgIpc) is 2.96. The van der Waals surface area contributed by atoms with E-state index in [9.17, 15) is 9.90 Å². The molecule has 1 aromatic heterocycles. The number of benzene rings is 1. The minimum absolute atomic E-state index is 0.180. The van der Waals surface area contributed by atoms with Gasteiger partial charge in [-0.15, -0.1) is 11.3 Å². The summed E-state index contributed by atoms with van der Waals surface area (Å²) in [5.74, 6) is -0.241. The number of likely N-dealkylation sites (tertiary alicyclic amines) is 1. The van der Waals surface area contributed by atoms with E-state index in [0.717, 1.165) is 36.5 Å². The summed E-state index contributed by atoms with van der Waals surface area (Å²) < 4.78 is 0. The Labute approximate surface area is 146 Å². The molecule has 0 bridgehead atoms. The lowest BCUT2D eigenvalue weighted by molar-refractivity contribution is 0.0702. The third kappa shape index (κ3) is 3.69. The van der Waals surface area contributed by atoms with Gasteiger partial charge in [0.1, 0.15) is 4.88 Å². The number of piperidine rings is 1. The predicted molar refractivity (Wildman–Crippen MR) is 95.7 cm³/mol. The molecular weight excluding hydrogens is 322 g/mol. The second-order valence-electron chi connectivity index (χ2n) is 6.48. The van der Waals surface area contributed by atoms with Crippen molar-refractivity contribution < 1.29 is 15.0 Å². The number of aryl methyl sites for hydroxylation is 1. The summed E-state index contributed by atoms with van der Waals surface area (Å²) in [7, 11) is 0. The van der Waals surface area contributed by atoms with Gasteiger partial charge in [0, 0.05) is 30.5 Å². The van der Waals surface area contributed by atoms with Gasteiger partial charge in [-0.1, -0.05) is 30.3 Å². The van der Waals surface area contributed by atoms with Gasteiger partial charge in [-0.2, -0.15) is 0 Å². The first kappa shape index (κ1) is 17.1. The third-order valence-corrected chi connectivity index (χ3v) is 5.99. The van der Waals surface area contributed by atoms with Crippen molar-refractivity contribution >= 4 is 17.3 Å². The van der Waals surface area contributed by atoms with Crippen LogP contribution in [0.1, 0.15) is 38.0 Å². The van der Waals surface area contributed by atoms with E-state index < -0.39 is 5.97 Å². The lowest BCUT2D eigenvalue weighted by Gasteiger charge is -2.38. The van der Waals surface area contributed by atoms with Crippen molar-refractivity contribution in [1.82, 2.24) is 4.90 Å². The number of rotatable bonds is 5. The van der Waals surface area contributed by atoms with Crippen LogP contribution in [0.25, 0.3) is 0 Å². The molecular formula is C19H23NO3S. The molecule has 0 spiro atoms. The molecule has 1 aromatic carbocycles. The Kier molecular flexibility index (Phi) is 5.33. The Morgan fingerprint density at radius 2 is 2.08 bits per heavy atom. The van der Waals surface area contributed by atoms with Gasteiger partial charge < -0.3 is 10.2 Å². The van der Waals surface area contributed by atoms with Crippen LogP contribution in [0.3, 0.4) is 0 Å². The Bertz CT molecular complexity index is 698. The number of aliphatic hydroxyl groups is 1. The van der Waals surface area contributed by atoms with Gasteiger partial charge in [-0.3, -0.25) is 4.90 Å². The topological polar surface area (TPSA) is 60.8 Å². The molecule has 24 heavy (non-hydrogen) atoms. The summed E-state index contributed by atoms with van der Waals surface area (Å²) in [5, 5.41) is 19.0. The van der Waals surface area contributed by atoms with E-state index >= 15 is 0 Å². The fraction of sp³-hybridized carbons (Fsp3) is 0.421. The fourth-order valence-corrected chi connectivity index (χ4v) is 4.47. The maximum absolute atomic E-state index is 11.1. The Hall–Kier alpha value is -1.69. The Morgan fingerprint density at radius 3 is 2.71 bits per heavy atom. The molecule has 2 heterocycles. The maximum atomic E-state index is 11.1. The highest BCUT2D eigenvalue weighted by Crippen LogP contribution is 2.34. The molecule has 0 aliphatic carbocycles. The standard InChI is InChI=1S/C19H23NO3S/c1-13-15(9-18(24-13)19(22)23)10-20-8-7-17(16(11-20)12-21)14-5-3-2-4-6-14/h2-6,9,16-17,21H,7-8,10-12H2,1H3,(H,22,23)/t16-,17+/m0/s1. The first-order chi connectivity index (χ1) is 11.6. The van der Waals surface area contributed by atoms with Crippen LogP contribution in [-0.2, 0) is 6.54 Å². The Morgan fingerprint density at radius 1 is 1.33 bits per heavy atom. The molecule has 0 unspecified atom stereocenters. The molecule has 1 aliphatic rings. The van der Waals surface area contributed by atoms with Crippen LogP contribution in [0, 0.1) is 12.8 Å². The molecule has 1 saturated heterocycles. The lowest BCUT2D eigenvalue weighted by Crippen LogP contribution is -2.40. The molecule has 128 valence electrons. The molecule has 1 fully saturated rings. The minimum atomic E-state index is -0.856. The van der Waals surface area contributed by atoms with E-state index in [1.54, 1.807) is 6.07 Å². The highest BCUT2D eigenvalue weighted by Gasteiger charge is 2.30. The number of hydrogen-bond donors (Lipinski definition) is 2. The van der Waals surface area contributed by atoms with Crippen LogP contribution in [0.5, 0.6) is 0 Å². The molecule has 2 N–H and O–H groups in total. The summed E-state index contributed by atoms with van der Waals surface area (Å²) in [4.78, 5) is 14.9. The van der Waals surface area contributed by atoms with E-state index in [0.29, 0.717) is 10.8 Å².